The largest absolute Gasteiger partial charge is 0.269 e. The second-order valence-corrected chi connectivity index (χ2v) is 10.3. The van der Waals surface area contributed by atoms with Crippen LogP contribution in [0.2, 0.25) is 0 Å². The summed E-state index contributed by atoms with van der Waals surface area (Å²) in [5, 5.41) is 0. The molecule has 0 bridgehead atoms. The molecular weight excluding hydrogens is 402 g/mol. The lowest BCUT2D eigenvalue weighted by Gasteiger charge is -2.19. The van der Waals surface area contributed by atoms with E-state index in [4.69, 9.17) is 0 Å². The van der Waals surface area contributed by atoms with Gasteiger partial charge in [-0.05, 0) is 54.2 Å². The number of rotatable bonds is 4. The summed E-state index contributed by atoms with van der Waals surface area (Å²) in [5.41, 5.74) is 6.35. The van der Waals surface area contributed by atoms with Gasteiger partial charge in [0.15, 0.2) is 0 Å². The Hall–Kier alpha value is -2.71. The molecule has 0 unspecified atom stereocenters. The van der Waals surface area contributed by atoms with Gasteiger partial charge in [-0.1, -0.05) is 39.0 Å². The van der Waals surface area contributed by atoms with Crippen LogP contribution in [0.3, 0.4) is 0 Å². The predicted octanol–water partition coefficient (Wildman–Crippen LogP) is 2.84. The number of benzene rings is 2. The summed E-state index contributed by atoms with van der Waals surface area (Å²) >= 11 is 0. The van der Waals surface area contributed by atoms with Crippen LogP contribution in [0, 0.1) is 0 Å². The van der Waals surface area contributed by atoms with E-state index in [1.807, 2.05) is 12.1 Å². The summed E-state index contributed by atoms with van der Waals surface area (Å²) < 4.78 is 26.8. The molecule has 0 atom stereocenters. The first kappa shape index (κ1) is 22.0. The van der Waals surface area contributed by atoms with Crippen LogP contribution in [0.4, 0.5) is 0 Å². The van der Waals surface area contributed by atoms with E-state index in [1.54, 1.807) is 12.1 Å². The van der Waals surface area contributed by atoms with Gasteiger partial charge in [0, 0.05) is 24.2 Å². The number of carbonyl (C=O) groups excluding carboxylic acids is 2. The zero-order valence-electron chi connectivity index (χ0n) is 17.4. The van der Waals surface area contributed by atoms with Gasteiger partial charge in [0.1, 0.15) is 0 Å². The van der Waals surface area contributed by atoms with Crippen molar-refractivity contribution >= 4 is 21.8 Å². The molecule has 1 fully saturated rings. The maximum Gasteiger partial charge on any atom is 0.269 e. The SMILES string of the molecule is CC(C)(C)c1ccc(C(=O)NNC(=O)c2cccc(S(=O)(=O)N3CCCC3)c2)cc1. The molecule has 2 N–H and O–H groups in total. The quantitative estimate of drug-likeness (QED) is 0.731. The molecule has 1 heterocycles. The number of nitrogens with zero attached hydrogens (tertiary/aromatic N) is 1. The summed E-state index contributed by atoms with van der Waals surface area (Å²) in [6, 6.07) is 13.0. The van der Waals surface area contributed by atoms with Gasteiger partial charge in [-0.3, -0.25) is 20.4 Å². The van der Waals surface area contributed by atoms with Crippen LogP contribution in [0.15, 0.2) is 53.4 Å². The van der Waals surface area contributed by atoms with Crippen molar-refractivity contribution in [1.82, 2.24) is 15.2 Å². The maximum atomic E-state index is 12.7. The van der Waals surface area contributed by atoms with Crippen LogP contribution in [0.5, 0.6) is 0 Å². The van der Waals surface area contributed by atoms with Crippen LogP contribution in [0.25, 0.3) is 0 Å². The Morgan fingerprint density at radius 3 is 2.00 bits per heavy atom. The number of amides is 2. The van der Waals surface area contributed by atoms with Crippen LogP contribution in [-0.4, -0.2) is 37.6 Å². The third-order valence-electron chi connectivity index (χ3n) is 5.10. The molecule has 2 aromatic rings. The molecule has 1 saturated heterocycles. The first-order chi connectivity index (χ1) is 14.1. The molecule has 0 saturated carbocycles. The van der Waals surface area contributed by atoms with E-state index in [0.29, 0.717) is 18.7 Å². The predicted molar refractivity (Wildman–Crippen MR) is 115 cm³/mol. The van der Waals surface area contributed by atoms with Gasteiger partial charge >= 0.3 is 0 Å². The Morgan fingerprint density at radius 2 is 1.43 bits per heavy atom. The third kappa shape index (κ3) is 4.88. The highest BCUT2D eigenvalue weighted by Crippen LogP contribution is 2.23. The molecular formula is C22H27N3O4S. The van der Waals surface area contributed by atoms with E-state index in [-0.39, 0.29) is 15.9 Å². The molecule has 7 nitrogen and oxygen atoms in total. The van der Waals surface area contributed by atoms with Crippen molar-refractivity contribution in [2.75, 3.05) is 13.1 Å². The van der Waals surface area contributed by atoms with Gasteiger partial charge in [0.05, 0.1) is 4.90 Å². The fourth-order valence-electron chi connectivity index (χ4n) is 3.25. The zero-order chi connectivity index (χ0) is 21.9. The minimum Gasteiger partial charge on any atom is -0.267 e. The number of sulfonamides is 1. The Morgan fingerprint density at radius 1 is 0.867 bits per heavy atom. The smallest absolute Gasteiger partial charge is 0.267 e. The summed E-state index contributed by atoms with van der Waals surface area (Å²) in [4.78, 5) is 24.8. The highest BCUT2D eigenvalue weighted by Gasteiger charge is 2.27. The van der Waals surface area contributed by atoms with Crippen LogP contribution < -0.4 is 10.9 Å². The number of nitrogens with one attached hydrogen (secondary N) is 2. The summed E-state index contributed by atoms with van der Waals surface area (Å²) in [7, 11) is -3.62. The topological polar surface area (TPSA) is 95.6 Å². The minimum atomic E-state index is -3.62. The molecule has 0 aliphatic carbocycles. The van der Waals surface area contributed by atoms with Crippen molar-refractivity contribution in [2.45, 2.75) is 43.9 Å². The molecule has 2 amide bonds. The van der Waals surface area contributed by atoms with Gasteiger partial charge in [-0.15, -0.1) is 0 Å². The monoisotopic (exact) mass is 429 g/mol. The first-order valence-corrected chi connectivity index (χ1v) is 11.3. The van der Waals surface area contributed by atoms with E-state index < -0.39 is 21.8 Å². The molecule has 30 heavy (non-hydrogen) atoms. The Kier molecular flexibility index (Phi) is 6.28. The van der Waals surface area contributed by atoms with Crippen LogP contribution in [-0.2, 0) is 15.4 Å². The molecule has 0 radical (unpaired) electrons. The van der Waals surface area contributed by atoms with E-state index in [1.165, 1.54) is 28.6 Å². The number of carbonyl (C=O) groups is 2. The molecule has 0 spiro atoms. The third-order valence-corrected chi connectivity index (χ3v) is 7.00. The fraction of sp³-hybridized carbons (Fsp3) is 0.364. The van der Waals surface area contributed by atoms with Crippen molar-refractivity contribution < 1.29 is 18.0 Å². The van der Waals surface area contributed by atoms with Crippen molar-refractivity contribution in [3.05, 3.63) is 65.2 Å². The molecule has 1 aliphatic rings. The molecule has 160 valence electrons. The average Bonchev–Trinajstić information content (AvgIpc) is 3.27. The van der Waals surface area contributed by atoms with Crippen LogP contribution in [0.1, 0.15) is 59.9 Å². The molecule has 2 aromatic carbocycles. The number of hydrogen-bond donors (Lipinski definition) is 2. The Balaban J connectivity index is 1.66. The van der Waals surface area contributed by atoms with Gasteiger partial charge in [0.25, 0.3) is 11.8 Å². The summed E-state index contributed by atoms with van der Waals surface area (Å²) in [5.74, 6) is -1.04. The number of hydrazine groups is 1. The standard InChI is InChI=1S/C22H27N3O4S/c1-22(2,3)18-11-9-16(10-12-18)20(26)23-24-21(27)17-7-6-8-19(15-17)30(28,29)25-13-4-5-14-25/h6-12,15H,4-5,13-14H2,1-3H3,(H,23,26)(H,24,27). The molecule has 3 rings (SSSR count). The van der Waals surface area contributed by atoms with Gasteiger partial charge in [-0.25, -0.2) is 8.42 Å². The minimum absolute atomic E-state index is 0.0242. The van der Waals surface area contributed by atoms with Gasteiger partial charge in [-0.2, -0.15) is 4.31 Å². The van der Waals surface area contributed by atoms with E-state index in [0.717, 1.165) is 18.4 Å². The Bertz CT molecular complexity index is 1030. The zero-order valence-corrected chi connectivity index (χ0v) is 18.3. The molecule has 0 aromatic heterocycles. The maximum absolute atomic E-state index is 12.7. The second kappa shape index (κ2) is 8.57. The molecule has 8 heteroatoms. The lowest BCUT2D eigenvalue weighted by molar-refractivity contribution is 0.0846. The van der Waals surface area contributed by atoms with E-state index >= 15 is 0 Å². The lowest BCUT2D eigenvalue weighted by atomic mass is 9.87. The fourth-order valence-corrected chi connectivity index (χ4v) is 4.82. The normalized spacial score (nSPS) is 15.0. The van der Waals surface area contributed by atoms with Crippen molar-refractivity contribution in [3.63, 3.8) is 0 Å². The average molecular weight is 430 g/mol. The highest BCUT2D eigenvalue weighted by atomic mass is 32.2. The first-order valence-electron chi connectivity index (χ1n) is 9.90. The van der Waals surface area contributed by atoms with E-state index in [9.17, 15) is 18.0 Å². The second-order valence-electron chi connectivity index (χ2n) is 8.37. The summed E-state index contributed by atoms with van der Waals surface area (Å²) in [6.45, 7) is 7.23. The van der Waals surface area contributed by atoms with Gasteiger partial charge < -0.3 is 0 Å². The molecule has 1 aliphatic heterocycles. The highest BCUT2D eigenvalue weighted by molar-refractivity contribution is 7.89. The van der Waals surface area contributed by atoms with E-state index in [2.05, 4.69) is 31.6 Å². The van der Waals surface area contributed by atoms with Crippen molar-refractivity contribution in [1.29, 1.82) is 0 Å². The van der Waals surface area contributed by atoms with Gasteiger partial charge in [0.2, 0.25) is 10.0 Å². The number of hydrogen-bond acceptors (Lipinski definition) is 4. The lowest BCUT2D eigenvalue weighted by Crippen LogP contribution is -2.41. The van der Waals surface area contributed by atoms with Crippen molar-refractivity contribution in [2.24, 2.45) is 0 Å². The van der Waals surface area contributed by atoms with Crippen molar-refractivity contribution in [3.8, 4) is 0 Å². The Labute approximate surface area is 177 Å². The summed E-state index contributed by atoms with van der Waals surface area (Å²) in [6.07, 6.45) is 1.67. The van der Waals surface area contributed by atoms with Crippen LogP contribution >= 0.6 is 0 Å².